The smallest absolute Gasteiger partial charge is 0.237 e. The van der Waals surface area contributed by atoms with E-state index in [9.17, 15) is 9.59 Å². The van der Waals surface area contributed by atoms with Crippen molar-refractivity contribution in [1.82, 2.24) is 5.32 Å². The number of amides is 2. The van der Waals surface area contributed by atoms with Gasteiger partial charge in [-0.25, -0.2) is 0 Å². The lowest BCUT2D eigenvalue weighted by Gasteiger charge is -2.21. The van der Waals surface area contributed by atoms with Crippen LogP contribution in [0.3, 0.4) is 0 Å². The number of hydrogen-bond donors (Lipinski definition) is 3. The molecule has 132 valence electrons. The molecule has 0 unspecified atom stereocenters. The second-order valence-corrected chi connectivity index (χ2v) is 7.01. The summed E-state index contributed by atoms with van der Waals surface area (Å²) in [5, 5.41) is 5.85. The van der Waals surface area contributed by atoms with Crippen LogP contribution in [0.15, 0.2) is 24.3 Å². The van der Waals surface area contributed by atoms with E-state index < -0.39 is 6.04 Å². The third-order valence-electron chi connectivity index (χ3n) is 4.66. The van der Waals surface area contributed by atoms with Crippen LogP contribution in [0.4, 0.5) is 5.69 Å². The molecule has 1 atom stereocenters. The molecule has 2 rings (SSSR count). The predicted molar refractivity (Wildman–Crippen MR) is 96.3 cm³/mol. The molecule has 1 saturated carbocycles. The third kappa shape index (κ3) is 5.34. The minimum absolute atomic E-state index is 0.103. The molecular formula is C19H29N3O2. The molecule has 0 aliphatic heterocycles. The van der Waals surface area contributed by atoms with Gasteiger partial charge in [-0.15, -0.1) is 0 Å². The van der Waals surface area contributed by atoms with Crippen LogP contribution in [0, 0.1) is 11.8 Å². The lowest BCUT2D eigenvalue weighted by atomic mass is 9.88. The highest BCUT2D eigenvalue weighted by Gasteiger charge is 2.21. The minimum Gasteiger partial charge on any atom is -0.351 e. The van der Waals surface area contributed by atoms with E-state index in [1.54, 1.807) is 0 Å². The van der Waals surface area contributed by atoms with Crippen molar-refractivity contribution in [3.05, 3.63) is 29.8 Å². The Hall–Kier alpha value is -1.88. The minimum atomic E-state index is -0.501. The molecule has 5 nitrogen and oxygen atoms in total. The molecule has 0 bridgehead atoms. The van der Waals surface area contributed by atoms with E-state index in [-0.39, 0.29) is 23.7 Å². The first kappa shape index (κ1) is 18.5. The van der Waals surface area contributed by atoms with Gasteiger partial charge in [0.15, 0.2) is 0 Å². The van der Waals surface area contributed by atoms with Crippen molar-refractivity contribution in [2.75, 3.05) is 5.32 Å². The molecule has 1 fully saturated rings. The summed E-state index contributed by atoms with van der Waals surface area (Å²) in [7, 11) is 0. The van der Waals surface area contributed by atoms with Gasteiger partial charge >= 0.3 is 0 Å². The Labute approximate surface area is 144 Å². The van der Waals surface area contributed by atoms with Gasteiger partial charge in [0.1, 0.15) is 0 Å². The SMILES string of the molecule is CC(C)[C@H](N)C(=O)NCc1cccc(NC(=O)C2CCCCC2)c1. The molecule has 1 aromatic carbocycles. The van der Waals surface area contributed by atoms with Gasteiger partial charge in [-0.2, -0.15) is 0 Å². The number of anilines is 1. The highest BCUT2D eigenvalue weighted by molar-refractivity contribution is 5.92. The summed E-state index contributed by atoms with van der Waals surface area (Å²) in [4.78, 5) is 24.2. The normalized spacial score (nSPS) is 16.7. The maximum atomic E-state index is 12.3. The summed E-state index contributed by atoms with van der Waals surface area (Å²) in [6.45, 7) is 4.25. The zero-order valence-corrected chi connectivity index (χ0v) is 14.7. The van der Waals surface area contributed by atoms with Gasteiger partial charge in [-0.1, -0.05) is 45.2 Å². The standard InChI is InChI=1S/C19H29N3O2/c1-13(2)17(20)19(24)21-12-14-7-6-10-16(11-14)22-18(23)15-8-4-3-5-9-15/h6-7,10-11,13,15,17H,3-5,8-9,12,20H2,1-2H3,(H,21,24)(H,22,23)/t17-/m0/s1. The number of rotatable bonds is 6. The fourth-order valence-electron chi connectivity index (χ4n) is 2.98. The van der Waals surface area contributed by atoms with Crippen LogP contribution in [0.2, 0.25) is 0 Å². The molecule has 0 heterocycles. The van der Waals surface area contributed by atoms with Crippen molar-refractivity contribution < 1.29 is 9.59 Å². The second-order valence-electron chi connectivity index (χ2n) is 7.01. The molecule has 0 spiro atoms. The van der Waals surface area contributed by atoms with Crippen LogP contribution in [0.25, 0.3) is 0 Å². The van der Waals surface area contributed by atoms with Gasteiger partial charge in [0.25, 0.3) is 0 Å². The fourth-order valence-corrected chi connectivity index (χ4v) is 2.98. The Kier molecular flexibility index (Phi) is 6.79. The first-order valence-electron chi connectivity index (χ1n) is 8.90. The Bertz CT molecular complexity index is 565. The summed E-state index contributed by atoms with van der Waals surface area (Å²) in [6, 6.07) is 7.10. The maximum Gasteiger partial charge on any atom is 0.237 e. The molecule has 4 N–H and O–H groups in total. The highest BCUT2D eigenvalue weighted by Crippen LogP contribution is 2.25. The van der Waals surface area contributed by atoms with E-state index in [1.165, 1.54) is 6.42 Å². The Morgan fingerprint density at radius 3 is 2.58 bits per heavy atom. The summed E-state index contributed by atoms with van der Waals surface area (Å²) >= 11 is 0. The van der Waals surface area contributed by atoms with E-state index in [0.717, 1.165) is 36.9 Å². The number of hydrogen-bond acceptors (Lipinski definition) is 3. The molecule has 5 heteroatoms. The molecular weight excluding hydrogens is 302 g/mol. The van der Waals surface area contributed by atoms with Gasteiger partial charge in [0, 0.05) is 18.2 Å². The van der Waals surface area contributed by atoms with E-state index in [1.807, 2.05) is 38.1 Å². The maximum absolute atomic E-state index is 12.3. The average molecular weight is 331 g/mol. The Balaban J connectivity index is 1.89. The number of benzene rings is 1. The molecule has 2 amide bonds. The van der Waals surface area contributed by atoms with Gasteiger partial charge in [0.05, 0.1) is 6.04 Å². The van der Waals surface area contributed by atoms with Crippen LogP contribution in [0.1, 0.15) is 51.5 Å². The fraction of sp³-hybridized carbons (Fsp3) is 0.579. The van der Waals surface area contributed by atoms with Gasteiger partial charge < -0.3 is 16.4 Å². The number of nitrogens with two attached hydrogens (primary N) is 1. The molecule has 24 heavy (non-hydrogen) atoms. The highest BCUT2D eigenvalue weighted by atomic mass is 16.2. The van der Waals surface area contributed by atoms with E-state index in [2.05, 4.69) is 10.6 Å². The summed E-state index contributed by atoms with van der Waals surface area (Å²) in [5.74, 6) is 0.191. The topological polar surface area (TPSA) is 84.2 Å². The van der Waals surface area contributed by atoms with Crippen LogP contribution in [-0.4, -0.2) is 17.9 Å². The Morgan fingerprint density at radius 1 is 1.21 bits per heavy atom. The van der Waals surface area contributed by atoms with Crippen LogP contribution in [0.5, 0.6) is 0 Å². The number of nitrogens with one attached hydrogen (secondary N) is 2. The first-order valence-corrected chi connectivity index (χ1v) is 8.90. The number of carbonyl (C=O) groups excluding carboxylic acids is 2. The monoisotopic (exact) mass is 331 g/mol. The lowest BCUT2D eigenvalue weighted by Crippen LogP contribution is -2.43. The number of carbonyl (C=O) groups is 2. The van der Waals surface area contributed by atoms with Crippen molar-refractivity contribution in [2.45, 2.75) is 58.5 Å². The summed E-state index contributed by atoms with van der Waals surface area (Å²) in [6.07, 6.45) is 5.47. The third-order valence-corrected chi connectivity index (χ3v) is 4.66. The summed E-state index contributed by atoms with van der Waals surface area (Å²) < 4.78 is 0. The van der Waals surface area contributed by atoms with Gasteiger partial charge in [-0.05, 0) is 36.5 Å². The van der Waals surface area contributed by atoms with Crippen molar-refractivity contribution >= 4 is 17.5 Å². The van der Waals surface area contributed by atoms with Gasteiger partial charge in [0.2, 0.25) is 11.8 Å². The Morgan fingerprint density at radius 2 is 1.92 bits per heavy atom. The molecule has 1 aliphatic carbocycles. The molecule has 0 aromatic heterocycles. The largest absolute Gasteiger partial charge is 0.351 e. The van der Waals surface area contributed by atoms with Crippen molar-refractivity contribution in [1.29, 1.82) is 0 Å². The van der Waals surface area contributed by atoms with Crippen LogP contribution in [-0.2, 0) is 16.1 Å². The summed E-state index contributed by atoms with van der Waals surface area (Å²) in [5.41, 5.74) is 7.56. The quantitative estimate of drug-likeness (QED) is 0.749. The zero-order chi connectivity index (χ0) is 17.5. The van der Waals surface area contributed by atoms with E-state index in [4.69, 9.17) is 5.73 Å². The van der Waals surface area contributed by atoms with Crippen LogP contribution >= 0.6 is 0 Å². The molecule has 1 aliphatic rings. The van der Waals surface area contributed by atoms with Gasteiger partial charge in [-0.3, -0.25) is 9.59 Å². The van der Waals surface area contributed by atoms with Crippen LogP contribution < -0.4 is 16.4 Å². The second kappa shape index (κ2) is 8.83. The average Bonchev–Trinajstić information content (AvgIpc) is 2.60. The predicted octanol–water partition coefficient (Wildman–Crippen LogP) is 2.80. The molecule has 0 radical (unpaired) electrons. The zero-order valence-electron chi connectivity index (χ0n) is 14.7. The van der Waals surface area contributed by atoms with Crippen molar-refractivity contribution in [2.24, 2.45) is 17.6 Å². The van der Waals surface area contributed by atoms with E-state index in [0.29, 0.717) is 6.54 Å². The molecule has 0 saturated heterocycles. The first-order chi connectivity index (χ1) is 11.5. The van der Waals surface area contributed by atoms with E-state index >= 15 is 0 Å². The lowest BCUT2D eigenvalue weighted by molar-refractivity contribution is -0.123. The van der Waals surface area contributed by atoms with Crippen molar-refractivity contribution in [3.8, 4) is 0 Å². The van der Waals surface area contributed by atoms with Crippen molar-refractivity contribution in [3.63, 3.8) is 0 Å². The molecule has 1 aromatic rings.